The highest BCUT2D eigenvalue weighted by molar-refractivity contribution is 7.86. The molecular formula is C14H29ClN4O3S. The van der Waals surface area contributed by atoms with Crippen molar-refractivity contribution in [2.24, 2.45) is 5.73 Å². The summed E-state index contributed by atoms with van der Waals surface area (Å²) in [6, 6.07) is 0.121. The third kappa shape index (κ3) is 5.03. The van der Waals surface area contributed by atoms with E-state index >= 15 is 0 Å². The highest BCUT2D eigenvalue weighted by atomic mass is 35.5. The van der Waals surface area contributed by atoms with Crippen LogP contribution in [0, 0.1) is 0 Å². The molecule has 0 aromatic carbocycles. The van der Waals surface area contributed by atoms with E-state index in [0.717, 1.165) is 25.7 Å². The van der Waals surface area contributed by atoms with Gasteiger partial charge in [0.15, 0.2) is 0 Å². The van der Waals surface area contributed by atoms with Gasteiger partial charge in [0.1, 0.15) is 0 Å². The summed E-state index contributed by atoms with van der Waals surface area (Å²) in [6.07, 6.45) is 5.63. The van der Waals surface area contributed by atoms with Crippen molar-refractivity contribution < 1.29 is 13.2 Å². The van der Waals surface area contributed by atoms with Gasteiger partial charge < -0.3 is 10.6 Å². The molecule has 0 aromatic heterocycles. The lowest BCUT2D eigenvalue weighted by molar-refractivity contribution is -0.132. The maximum Gasteiger partial charge on any atom is 0.282 e. The minimum Gasteiger partial charge on any atom is -0.340 e. The number of carbonyl (C=O) groups is 1. The molecule has 7 nitrogen and oxygen atoms in total. The Morgan fingerprint density at radius 1 is 1.13 bits per heavy atom. The molecule has 136 valence electrons. The molecule has 0 atom stereocenters. The second-order valence-corrected chi connectivity index (χ2v) is 8.12. The SMILES string of the molecule is CN(C1CCCCC1)S(=O)(=O)N1CCN(C(=O)CCN)CC1.Cl. The van der Waals surface area contributed by atoms with E-state index in [1.54, 1.807) is 16.3 Å². The van der Waals surface area contributed by atoms with E-state index in [1.165, 1.54) is 10.7 Å². The van der Waals surface area contributed by atoms with Crippen LogP contribution < -0.4 is 5.73 Å². The summed E-state index contributed by atoms with van der Waals surface area (Å²) in [5.41, 5.74) is 5.39. The van der Waals surface area contributed by atoms with Gasteiger partial charge >= 0.3 is 0 Å². The van der Waals surface area contributed by atoms with Crippen LogP contribution in [0.2, 0.25) is 0 Å². The average molecular weight is 369 g/mol. The Morgan fingerprint density at radius 2 is 1.70 bits per heavy atom. The molecule has 2 rings (SSSR count). The smallest absolute Gasteiger partial charge is 0.282 e. The van der Waals surface area contributed by atoms with Gasteiger partial charge in [-0.2, -0.15) is 17.0 Å². The second kappa shape index (κ2) is 9.17. The number of nitrogens with two attached hydrogens (primary N) is 1. The summed E-state index contributed by atoms with van der Waals surface area (Å²) in [7, 11) is -1.73. The van der Waals surface area contributed by atoms with Crippen LogP contribution in [0.4, 0.5) is 0 Å². The topological polar surface area (TPSA) is 87.0 Å². The van der Waals surface area contributed by atoms with Crippen molar-refractivity contribution in [3.63, 3.8) is 0 Å². The molecule has 1 amide bonds. The van der Waals surface area contributed by atoms with Crippen LogP contribution in [0.1, 0.15) is 38.5 Å². The average Bonchev–Trinajstić information content (AvgIpc) is 2.55. The van der Waals surface area contributed by atoms with Crippen molar-refractivity contribution in [1.82, 2.24) is 13.5 Å². The van der Waals surface area contributed by atoms with Crippen molar-refractivity contribution in [3.8, 4) is 0 Å². The Labute approximate surface area is 145 Å². The molecule has 0 aromatic rings. The van der Waals surface area contributed by atoms with E-state index < -0.39 is 10.2 Å². The van der Waals surface area contributed by atoms with Crippen LogP contribution >= 0.6 is 12.4 Å². The molecule has 23 heavy (non-hydrogen) atoms. The molecular weight excluding hydrogens is 340 g/mol. The van der Waals surface area contributed by atoms with Gasteiger partial charge in [-0.3, -0.25) is 4.79 Å². The van der Waals surface area contributed by atoms with E-state index in [2.05, 4.69) is 0 Å². The van der Waals surface area contributed by atoms with Crippen molar-refractivity contribution >= 4 is 28.5 Å². The van der Waals surface area contributed by atoms with Crippen LogP contribution in [-0.2, 0) is 15.0 Å². The molecule has 2 N–H and O–H groups in total. The number of amides is 1. The zero-order valence-electron chi connectivity index (χ0n) is 13.8. The standard InChI is InChI=1S/C14H28N4O3S.ClH/c1-16(13-5-3-2-4-6-13)22(20,21)18-11-9-17(10-12-18)14(19)7-8-15;/h13H,2-12,15H2,1H3;1H. The molecule has 0 bridgehead atoms. The van der Waals surface area contributed by atoms with Gasteiger partial charge in [-0.25, -0.2) is 0 Å². The van der Waals surface area contributed by atoms with Gasteiger partial charge in [0.05, 0.1) is 0 Å². The normalized spacial score (nSPS) is 21.3. The first-order valence-corrected chi connectivity index (χ1v) is 9.57. The fourth-order valence-corrected chi connectivity index (χ4v) is 4.84. The van der Waals surface area contributed by atoms with Crippen molar-refractivity contribution in [3.05, 3.63) is 0 Å². The lowest BCUT2D eigenvalue weighted by atomic mass is 9.96. The largest absolute Gasteiger partial charge is 0.340 e. The molecule has 9 heteroatoms. The van der Waals surface area contributed by atoms with Crippen LogP contribution in [0.3, 0.4) is 0 Å². The number of hydrogen-bond acceptors (Lipinski definition) is 4. The number of piperazine rings is 1. The quantitative estimate of drug-likeness (QED) is 0.761. The van der Waals surface area contributed by atoms with Gasteiger partial charge in [0, 0.05) is 52.2 Å². The molecule has 0 unspecified atom stereocenters. The van der Waals surface area contributed by atoms with Crippen molar-refractivity contribution in [1.29, 1.82) is 0 Å². The first-order valence-electron chi connectivity index (χ1n) is 8.17. The van der Waals surface area contributed by atoms with E-state index in [-0.39, 0.29) is 24.4 Å². The maximum absolute atomic E-state index is 12.7. The predicted molar refractivity (Wildman–Crippen MR) is 92.6 cm³/mol. The highest BCUT2D eigenvalue weighted by Crippen LogP contribution is 2.25. The molecule has 0 spiro atoms. The third-order valence-corrected chi connectivity index (χ3v) is 6.77. The summed E-state index contributed by atoms with van der Waals surface area (Å²) < 4.78 is 28.5. The van der Waals surface area contributed by atoms with E-state index in [9.17, 15) is 13.2 Å². The molecule has 1 saturated heterocycles. The monoisotopic (exact) mass is 368 g/mol. The third-order valence-electron chi connectivity index (χ3n) is 4.73. The predicted octanol–water partition coefficient (Wildman–Crippen LogP) is 0.411. The van der Waals surface area contributed by atoms with Crippen LogP contribution in [0.25, 0.3) is 0 Å². The molecule has 2 aliphatic rings. The minimum absolute atomic E-state index is 0. The summed E-state index contributed by atoms with van der Waals surface area (Å²) in [5, 5.41) is 0. The highest BCUT2D eigenvalue weighted by Gasteiger charge is 2.35. The molecule has 1 heterocycles. The number of rotatable bonds is 5. The van der Waals surface area contributed by atoms with Gasteiger partial charge in [-0.05, 0) is 12.8 Å². The maximum atomic E-state index is 12.7. The summed E-state index contributed by atoms with van der Waals surface area (Å²) in [4.78, 5) is 13.5. The first kappa shape index (κ1) is 20.6. The molecule has 0 radical (unpaired) electrons. The van der Waals surface area contributed by atoms with Gasteiger partial charge in [-0.1, -0.05) is 19.3 Å². The van der Waals surface area contributed by atoms with E-state index in [0.29, 0.717) is 39.1 Å². The zero-order chi connectivity index (χ0) is 16.2. The summed E-state index contributed by atoms with van der Waals surface area (Å²) >= 11 is 0. The Bertz CT molecular complexity index is 474. The van der Waals surface area contributed by atoms with Gasteiger partial charge in [0.2, 0.25) is 5.91 Å². The Morgan fingerprint density at radius 3 is 2.22 bits per heavy atom. The molecule has 1 saturated carbocycles. The fourth-order valence-electron chi connectivity index (χ4n) is 3.26. The Kier molecular flexibility index (Phi) is 8.23. The summed E-state index contributed by atoms with van der Waals surface area (Å²) in [5.74, 6) is 0.0141. The molecule has 2 fully saturated rings. The summed E-state index contributed by atoms with van der Waals surface area (Å²) in [6.45, 7) is 1.99. The number of halogens is 1. The first-order chi connectivity index (χ1) is 10.5. The fraction of sp³-hybridized carbons (Fsp3) is 0.929. The van der Waals surface area contributed by atoms with Crippen LogP contribution in [-0.4, -0.2) is 73.6 Å². The Hall–Kier alpha value is -0.410. The lowest BCUT2D eigenvalue weighted by Gasteiger charge is -2.38. The zero-order valence-corrected chi connectivity index (χ0v) is 15.4. The number of nitrogens with zero attached hydrogens (tertiary/aromatic N) is 3. The van der Waals surface area contributed by atoms with Crippen LogP contribution in [0.5, 0.6) is 0 Å². The molecule has 1 aliphatic heterocycles. The van der Waals surface area contributed by atoms with E-state index in [1.807, 2.05) is 0 Å². The number of hydrogen-bond donors (Lipinski definition) is 1. The van der Waals surface area contributed by atoms with Gasteiger partial charge in [0.25, 0.3) is 10.2 Å². The van der Waals surface area contributed by atoms with E-state index in [4.69, 9.17) is 5.73 Å². The van der Waals surface area contributed by atoms with Crippen molar-refractivity contribution in [2.75, 3.05) is 39.8 Å². The Balaban J connectivity index is 0.00000264. The second-order valence-electron chi connectivity index (χ2n) is 6.13. The molecule has 1 aliphatic carbocycles. The van der Waals surface area contributed by atoms with Crippen molar-refractivity contribution in [2.45, 2.75) is 44.6 Å². The van der Waals surface area contributed by atoms with Crippen LogP contribution in [0.15, 0.2) is 0 Å². The van der Waals surface area contributed by atoms with Gasteiger partial charge in [-0.15, -0.1) is 12.4 Å². The number of carbonyl (C=O) groups excluding carboxylic acids is 1. The lowest BCUT2D eigenvalue weighted by Crippen LogP contribution is -2.55. The minimum atomic E-state index is -3.42.